The fourth-order valence-corrected chi connectivity index (χ4v) is 3.54. The first-order valence-corrected chi connectivity index (χ1v) is 12.1. The van der Waals surface area contributed by atoms with Gasteiger partial charge < -0.3 is 31.9 Å². The van der Waals surface area contributed by atoms with Crippen molar-refractivity contribution in [2.75, 3.05) is 18.6 Å². The molecule has 0 bridgehead atoms. The number of phenols is 1. The molecule has 3 atom stereocenters. The van der Waals surface area contributed by atoms with Crippen LogP contribution in [0.4, 0.5) is 0 Å². The van der Waals surface area contributed by atoms with E-state index in [0.717, 1.165) is 0 Å². The molecule has 0 spiro atoms. The zero-order valence-electron chi connectivity index (χ0n) is 19.2. The number of aromatic hydroxyl groups is 1. The third kappa shape index (κ3) is 10.6. The fourth-order valence-electron chi connectivity index (χ4n) is 3.07. The average Bonchev–Trinajstić information content (AvgIpc) is 2.76. The van der Waals surface area contributed by atoms with Crippen molar-refractivity contribution in [1.29, 1.82) is 0 Å². The number of amides is 3. The Morgan fingerprint density at radius 2 is 1.55 bits per heavy atom. The maximum atomic E-state index is 13.0. The first kappa shape index (κ1) is 28.2. The molecule has 3 amide bonds. The highest BCUT2D eigenvalue weighted by Gasteiger charge is 2.30. The van der Waals surface area contributed by atoms with Crippen molar-refractivity contribution in [3.63, 3.8) is 0 Å². The molecule has 3 unspecified atom stereocenters. The van der Waals surface area contributed by atoms with Crippen LogP contribution in [-0.4, -0.2) is 70.6 Å². The van der Waals surface area contributed by atoms with Gasteiger partial charge in [-0.3, -0.25) is 14.4 Å². The van der Waals surface area contributed by atoms with Gasteiger partial charge in [0.1, 0.15) is 23.9 Å². The topological polar surface area (TPSA) is 171 Å². The molecule has 1 rings (SSSR count). The molecule has 184 valence electrons. The van der Waals surface area contributed by atoms with Gasteiger partial charge >= 0.3 is 5.97 Å². The fraction of sp³-hybridized carbons (Fsp3) is 0.545. The summed E-state index contributed by atoms with van der Waals surface area (Å²) in [5, 5.41) is 26.6. The van der Waals surface area contributed by atoms with Gasteiger partial charge in [0.2, 0.25) is 17.7 Å². The quantitative estimate of drug-likeness (QED) is 0.219. The Morgan fingerprint density at radius 1 is 0.970 bits per heavy atom. The van der Waals surface area contributed by atoms with Crippen LogP contribution in [0.2, 0.25) is 0 Å². The van der Waals surface area contributed by atoms with Crippen LogP contribution in [0.1, 0.15) is 32.3 Å². The lowest BCUT2D eigenvalue weighted by Gasteiger charge is -2.25. The number of aliphatic carboxylic acids is 1. The van der Waals surface area contributed by atoms with Crippen molar-refractivity contribution < 1.29 is 29.4 Å². The number of carbonyl (C=O) groups excluding carboxylic acids is 3. The molecule has 0 radical (unpaired) electrons. The Bertz CT molecular complexity index is 803. The van der Waals surface area contributed by atoms with Crippen molar-refractivity contribution in [3.05, 3.63) is 29.8 Å². The Hall–Kier alpha value is -2.79. The number of thioether (sulfide) groups is 1. The summed E-state index contributed by atoms with van der Waals surface area (Å²) in [6.07, 6.45) is 2.48. The summed E-state index contributed by atoms with van der Waals surface area (Å²) < 4.78 is 0. The van der Waals surface area contributed by atoms with E-state index in [1.165, 1.54) is 23.9 Å². The standard InChI is InChI=1S/C22H34N4O6S/c1-13(2)10-17(20(29)25-16(22(31)32)8-9-33-3)26-21(30)18(24-19(28)12-23)11-14-4-6-15(27)7-5-14/h4-7,13,16-18,27H,8-12,23H2,1-3H3,(H,24,28)(H,25,29)(H,26,30)(H,31,32). The molecule has 1 aromatic rings. The number of hydrogen-bond donors (Lipinski definition) is 6. The second kappa shape index (κ2) is 14.4. The second-order valence-corrected chi connectivity index (χ2v) is 9.05. The lowest BCUT2D eigenvalue weighted by atomic mass is 10.0. The highest BCUT2D eigenvalue weighted by molar-refractivity contribution is 7.98. The van der Waals surface area contributed by atoms with Gasteiger partial charge in [-0.25, -0.2) is 4.79 Å². The van der Waals surface area contributed by atoms with Gasteiger partial charge in [0, 0.05) is 6.42 Å². The molecule has 0 saturated carbocycles. The SMILES string of the molecule is CSCCC(NC(=O)C(CC(C)C)NC(=O)C(Cc1ccc(O)cc1)NC(=O)CN)C(=O)O. The number of benzene rings is 1. The summed E-state index contributed by atoms with van der Waals surface area (Å²) in [7, 11) is 0. The normalized spacial score (nSPS) is 13.6. The summed E-state index contributed by atoms with van der Waals surface area (Å²) in [5.74, 6) is -2.23. The number of carbonyl (C=O) groups is 4. The van der Waals surface area contributed by atoms with Gasteiger partial charge in [0.15, 0.2) is 0 Å². The van der Waals surface area contributed by atoms with Crippen molar-refractivity contribution in [3.8, 4) is 5.75 Å². The van der Waals surface area contributed by atoms with Crippen LogP contribution in [0.3, 0.4) is 0 Å². The minimum Gasteiger partial charge on any atom is -0.508 e. The number of carboxylic acids is 1. The molecule has 33 heavy (non-hydrogen) atoms. The number of hydrogen-bond acceptors (Lipinski definition) is 7. The maximum Gasteiger partial charge on any atom is 0.326 e. The monoisotopic (exact) mass is 482 g/mol. The van der Waals surface area contributed by atoms with Gasteiger partial charge in [0.25, 0.3) is 0 Å². The number of phenolic OH excluding ortho intramolecular Hbond substituents is 1. The van der Waals surface area contributed by atoms with Gasteiger partial charge in [-0.2, -0.15) is 11.8 Å². The number of carboxylic acid groups (broad SMARTS) is 1. The van der Waals surface area contributed by atoms with E-state index >= 15 is 0 Å². The van der Waals surface area contributed by atoms with Crippen LogP contribution < -0.4 is 21.7 Å². The van der Waals surface area contributed by atoms with E-state index in [-0.39, 0.29) is 37.5 Å². The van der Waals surface area contributed by atoms with E-state index in [2.05, 4.69) is 16.0 Å². The van der Waals surface area contributed by atoms with Crippen LogP contribution in [0, 0.1) is 5.92 Å². The third-order valence-electron chi connectivity index (χ3n) is 4.78. The molecule has 0 saturated heterocycles. The van der Waals surface area contributed by atoms with E-state index in [4.69, 9.17) is 5.73 Å². The highest BCUT2D eigenvalue weighted by Crippen LogP contribution is 2.12. The third-order valence-corrected chi connectivity index (χ3v) is 5.42. The van der Waals surface area contributed by atoms with E-state index < -0.39 is 41.8 Å². The first-order chi connectivity index (χ1) is 15.6. The van der Waals surface area contributed by atoms with Crippen LogP contribution in [0.5, 0.6) is 5.75 Å². The van der Waals surface area contributed by atoms with E-state index in [9.17, 15) is 29.4 Å². The molecule has 7 N–H and O–H groups in total. The molecule has 0 aliphatic carbocycles. The molecule has 0 aliphatic rings. The van der Waals surface area contributed by atoms with Gasteiger partial charge in [-0.1, -0.05) is 26.0 Å². The molecule has 0 fully saturated rings. The minimum atomic E-state index is -1.15. The molecule has 0 aliphatic heterocycles. The number of nitrogens with two attached hydrogens (primary N) is 1. The highest BCUT2D eigenvalue weighted by atomic mass is 32.2. The predicted molar refractivity (Wildman–Crippen MR) is 127 cm³/mol. The average molecular weight is 483 g/mol. The summed E-state index contributed by atoms with van der Waals surface area (Å²) in [6, 6.07) is 3.10. The van der Waals surface area contributed by atoms with Crippen molar-refractivity contribution in [2.45, 2.75) is 51.2 Å². The number of rotatable bonds is 14. The van der Waals surface area contributed by atoms with Crippen molar-refractivity contribution in [2.24, 2.45) is 11.7 Å². The predicted octanol–water partition coefficient (Wildman–Crippen LogP) is 0.232. The molecule has 0 heterocycles. The Balaban J connectivity index is 3.01. The lowest BCUT2D eigenvalue weighted by Crippen LogP contribution is -2.57. The summed E-state index contributed by atoms with van der Waals surface area (Å²) >= 11 is 1.47. The molecular formula is C22H34N4O6S. The van der Waals surface area contributed by atoms with Gasteiger partial charge in [-0.05, 0) is 48.5 Å². The summed E-state index contributed by atoms with van der Waals surface area (Å²) in [5.41, 5.74) is 6.05. The zero-order valence-corrected chi connectivity index (χ0v) is 20.0. The summed E-state index contributed by atoms with van der Waals surface area (Å²) in [4.78, 5) is 49.3. The Labute approximate surface area is 198 Å². The zero-order chi connectivity index (χ0) is 25.0. The van der Waals surface area contributed by atoms with Gasteiger partial charge in [0.05, 0.1) is 6.54 Å². The van der Waals surface area contributed by atoms with Crippen molar-refractivity contribution in [1.82, 2.24) is 16.0 Å². The van der Waals surface area contributed by atoms with Crippen LogP contribution in [-0.2, 0) is 25.6 Å². The van der Waals surface area contributed by atoms with Crippen LogP contribution >= 0.6 is 11.8 Å². The minimum absolute atomic E-state index is 0.0321. The van der Waals surface area contributed by atoms with Crippen LogP contribution in [0.15, 0.2) is 24.3 Å². The maximum absolute atomic E-state index is 13.0. The number of nitrogens with one attached hydrogen (secondary N) is 3. The van der Waals surface area contributed by atoms with Crippen molar-refractivity contribution >= 4 is 35.5 Å². The van der Waals surface area contributed by atoms with Gasteiger partial charge in [-0.15, -0.1) is 0 Å². The van der Waals surface area contributed by atoms with Crippen LogP contribution in [0.25, 0.3) is 0 Å². The van der Waals surface area contributed by atoms with E-state index in [1.54, 1.807) is 12.1 Å². The first-order valence-electron chi connectivity index (χ1n) is 10.7. The smallest absolute Gasteiger partial charge is 0.326 e. The second-order valence-electron chi connectivity index (χ2n) is 8.07. The lowest BCUT2D eigenvalue weighted by molar-refractivity contribution is -0.142. The molecule has 10 nitrogen and oxygen atoms in total. The molecule has 1 aromatic carbocycles. The molecular weight excluding hydrogens is 448 g/mol. The largest absolute Gasteiger partial charge is 0.508 e. The molecule has 0 aromatic heterocycles. The van der Waals surface area contributed by atoms with E-state index in [1.807, 2.05) is 20.1 Å². The Kier molecular flexibility index (Phi) is 12.3. The summed E-state index contributed by atoms with van der Waals surface area (Å²) in [6.45, 7) is 3.43. The molecule has 11 heteroatoms. The Morgan fingerprint density at radius 3 is 2.06 bits per heavy atom. The van der Waals surface area contributed by atoms with E-state index in [0.29, 0.717) is 11.3 Å².